The third-order valence-electron chi connectivity index (χ3n) is 12.3. The topological polar surface area (TPSA) is 169 Å². The lowest BCUT2D eigenvalue weighted by Crippen LogP contribution is -2.58. The second-order valence-corrected chi connectivity index (χ2v) is 16.5. The van der Waals surface area contributed by atoms with Gasteiger partial charge in [0.05, 0.1) is 27.9 Å². The highest BCUT2D eigenvalue weighted by Crippen LogP contribution is 2.44. The Morgan fingerprint density at radius 2 is 1.67 bits per heavy atom. The molecule has 2 N–H and O–H groups in total. The number of fused-ring (bicyclic) bond motifs is 1. The quantitative estimate of drug-likeness (QED) is 0.232. The summed E-state index contributed by atoms with van der Waals surface area (Å²) in [6.45, 7) is 6.05. The standard InChI is InChI=1S/C41H46ClN9O5S/c42-31-22-29(7-4-26(31)23-43)56-28-8-5-27(6-9-28)50-36(52)13-11-34(39(50)54)51-40(55)37-30(41(51)57)2-1-3-33(37)48-20-18-47(19-21-48)24-25-14-16-49(17-15-25)35-12-10-32(38(44)53)45-46-35/h1-4,7,10,12,22,25,27-28,34,41,57H,5-6,8-9,11,13-21,24H2,(H2,44,53)/t27?,28?,34-,41-/m1/s1. The van der Waals surface area contributed by atoms with Gasteiger partial charge in [-0.3, -0.25) is 29.0 Å². The van der Waals surface area contributed by atoms with Crippen molar-refractivity contribution in [2.75, 3.05) is 55.6 Å². The Morgan fingerprint density at radius 3 is 2.33 bits per heavy atom. The van der Waals surface area contributed by atoms with Gasteiger partial charge in [-0.2, -0.15) is 5.26 Å². The average molecular weight is 812 g/mol. The maximum absolute atomic E-state index is 14.4. The summed E-state index contributed by atoms with van der Waals surface area (Å²) in [5.41, 5.74) is 8.11. The lowest BCUT2D eigenvalue weighted by Gasteiger charge is -2.42. The SMILES string of the molecule is N#Cc1ccc(OC2CCC(N3C(=O)CC[C@@H](N4C(=O)c5c(cccc5N5CCN(CC6CCN(c7ccc(C(N)=O)nn7)CC6)CC5)[C@H]4S)C3=O)CC2)cc1Cl. The van der Waals surface area contributed by atoms with Gasteiger partial charge in [-0.25, -0.2) is 0 Å². The molecule has 5 aliphatic rings. The Bertz CT molecular complexity index is 2080. The van der Waals surface area contributed by atoms with Gasteiger partial charge in [0.1, 0.15) is 23.2 Å². The van der Waals surface area contributed by atoms with E-state index in [0.29, 0.717) is 53.5 Å². The number of aromatic nitrogens is 2. The smallest absolute Gasteiger partial charge is 0.269 e. The number of benzene rings is 2. The summed E-state index contributed by atoms with van der Waals surface area (Å²) in [7, 11) is 0. The molecule has 16 heteroatoms. The summed E-state index contributed by atoms with van der Waals surface area (Å²) >= 11 is 11.1. The van der Waals surface area contributed by atoms with Gasteiger partial charge in [0.2, 0.25) is 5.91 Å². The number of ether oxygens (including phenoxy) is 1. The van der Waals surface area contributed by atoms with E-state index >= 15 is 0 Å². The van der Waals surface area contributed by atoms with Crippen LogP contribution in [0.25, 0.3) is 0 Å². The molecule has 4 amide bonds. The maximum atomic E-state index is 14.4. The fourth-order valence-electron chi connectivity index (χ4n) is 9.18. The Labute approximate surface area is 342 Å². The van der Waals surface area contributed by atoms with Crippen molar-refractivity contribution in [3.63, 3.8) is 0 Å². The maximum Gasteiger partial charge on any atom is 0.269 e. The van der Waals surface area contributed by atoms with Gasteiger partial charge in [0, 0.05) is 64.3 Å². The molecule has 14 nitrogen and oxygen atoms in total. The van der Waals surface area contributed by atoms with Gasteiger partial charge in [0.15, 0.2) is 11.5 Å². The summed E-state index contributed by atoms with van der Waals surface area (Å²) in [4.78, 5) is 63.2. The van der Waals surface area contributed by atoms with Crippen LogP contribution in [-0.4, -0.2) is 113 Å². The highest BCUT2D eigenvalue weighted by atomic mass is 35.5. The fraction of sp³-hybridized carbons (Fsp3) is 0.488. The number of halogens is 1. The van der Waals surface area contributed by atoms with Gasteiger partial charge < -0.3 is 25.2 Å². The van der Waals surface area contributed by atoms with Crippen molar-refractivity contribution in [1.82, 2.24) is 24.9 Å². The molecule has 5 heterocycles. The number of rotatable bonds is 9. The van der Waals surface area contributed by atoms with Crippen LogP contribution >= 0.6 is 24.2 Å². The third-order valence-corrected chi connectivity index (χ3v) is 13.1. The summed E-state index contributed by atoms with van der Waals surface area (Å²) in [5, 5.41) is 17.1. The highest BCUT2D eigenvalue weighted by molar-refractivity contribution is 7.80. The van der Waals surface area contributed by atoms with E-state index in [1.54, 1.807) is 35.2 Å². The van der Waals surface area contributed by atoms with Crippen LogP contribution in [0.3, 0.4) is 0 Å². The number of hydrogen-bond donors (Lipinski definition) is 2. The van der Waals surface area contributed by atoms with Crippen LogP contribution in [0, 0.1) is 17.2 Å². The molecular formula is C41H46ClN9O5S. The zero-order valence-electron chi connectivity index (χ0n) is 31.6. The number of likely N-dealkylation sites (tertiary alicyclic amines) is 1. The molecule has 1 aromatic heterocycles. The number of amides is 4. The molecule has 2 atom stereocenters. The normalized spacial score (nSPS) is 24.8. The van der Waals surface area contributed by atoms with Crippen molar-refractivity contribution in [2.45, 2.75) is 74.9 Å². The highest BCUT2D eigenvalue weighted by Gasteiger charge is 2.49. The lowest BCUT2D eigenvalue weighted by molar-refractivity contribution is -0.156. The van der Waals surface area contributed by atoms with E-state index in [0.717, 1.165) is 75.7 Å². The molecule has 2 aromatic carbocycles. The van der Waals surface area contributed by atoms with Gasteiger partial charge in [0.25, 0.3) is 17.7 Å². The predicted octanol–water partition coefficient (Wildman–Crippen LogP) is 4.43. The van der Waals surface area contributed by atoms with Crippen molar-refractivity contribution < 1.29 is 23.9 Å². The average Bonchev–Trinajstić information content (AvgIpc) is 3.48. The van der Waals surface area contributed by atoms with E-state index < -0.39 is 17.3 Å². The number of hydrogen-bond acceptors (Lipinski definition) is 12. The molecule has 57 heavy (non-hydrogen) atoms. The van der Waals surface area contributed by atoms with Crippen molar-refractivity contribution >= 4 is 59.4 Å². The molecule has 298 valence electrons. The zero-order valence-corrected chi connectivity index (χ0v) is 33.3. The van der Waals surface area contributed by atoms with Crippen LogP contribution in [0.2, 0.25) is 5.02 Å². The molecule has 8 rings (SSSR count). The number of piperidine rings is 2. The number of thiol groups is 1. The molecule has 0 spiro atoms. The van der Waals surface area contributed by atoms with Crippen molar-refractivity contribution in [3.8, 4) is 11.8 Å². The van der Waals surface area contributed by atoms with E-state index in [9.17, 15) is 24.4 Å². The van der Waals surface area contributed by atoms with Crippen molar-refractivity contribution in [3.05, 3.63) is 75.9 Å². The van der Waals surface area contributed by atoms with E-state index in [4.69, 9.17) is 34.7 Å². The Balaban J connectivity index is 0.859. The van der Waals surface area contributed by atoms with Crippen LogP contribution in [0.5, 0.6) is 5.75 Å². The minimum atomic E-state index is -0.780. The summed E-state index contributed by atoms with van der Waals surface area (Å²) in [6, 6.07) is 15.3. The van der Waals surface area contributed by atoms with Crippen LogP contribution in [-0.2, 0) is 9.59 Å². The first-order valence-corrected chi connectivity index (χ1v) is 20.7. The van der Waals surface area contributed by atoms with E-state index in [1.807, 2.05) is 24.3 Å². The minimum Gasteiger partial charge on any atom is -0.490 e. The zero-order chi connectivity index (χ0) is 39.8. The second kappa shape index (κ2) is 16.5. The molecular weight excluding hydrogens is 766 g/mol. The number of piperazine rings is 1. The van der Waals surface area contributed by atoms with Gasteiger partial charge in [-0.1, -0.05) is 23.7 Å². The Morgan fingerprint density at radius 1 is 0.912 bits per heavy atom. The lowest BCUT2D eigenvalue weighted by atomic mass is 9.89. The molecule has 0 radical (unpaired) electrons. The molecule has 4 fully saturated rings. The molecule has 0 bridgehead atoms. The first-order valence-electron chi connectivity index (χ1n) is 19.8. The summed E-state index contributed by atoms with van der Waals surface area (Å²) < 4.78 is 6.15. The van der Waals surface area contributed by atoms with E-state index in [2.05, 4.69) is 24.9 Å². The summed E-state index contributed by atoms with van der Waals surface area (Å²) in [5.74, 6) is 0.571. The van der Waals surface area contributed by atoms with Crippen LogP contribution < -0.4 is 20.3 Å². The molecule has 1 saturated carbocycles. The van der Waals surface area contributed by atoms with E-state index in [1.165, 1.54) is 4.90 Å². The minimum absolute atomic E-state index is 0.108. The number of imide groups is 1. The summed E-state index contributed by atoms with van der Waals surface area (Å²) in [6.07, 6.45) is 4.90. The Hall–Kier alpha value is -4.91. The number of nitrogens with two attached hydrogens (primary N) is 1. The van der Waals surface area contributed by atoms with E-state index in [-0.39, 0.29) is 48.4 Å². The molecule has 3 saturated heterocycles. The first-order chi connectivity index (χ1) is 27.6. The predicted molar refractivity (Wildman–Crippen MR) is 216 cm³/mol. The monoisotopic (exact) mass is 811 g/mol. The number of nitrogens with zero attached hydrogens (tertiary/aromatic N) is 8. The van der Waals surface area contributed by atoms with Gasteiger partial charge in [-0.05, 0) is 86.8 Å². The molecule has 3 aromatic rings. The largest absolute Gasteiger partial charge is 0.490 e. The molecule has 0 unspecified atom stereocenters. The van der Waals surface area contributed by atoms with Gasteiger partial charge >= 0.3 is 0 Å². The number of nitriles is 1. The van der Waals surface area contributed by atoms with Crippen molar-refractivity contribution in [1.29, 1.82) is 5.26 Å². The van der Waals surface area contributed by atoms with Crippen molar-refractivity contribution in [2.24, 2.45) is 11.7 Å². The number of primary amides is 1. The van der Waals surface area contributed by atoms with Crippen LogP contribution in [0.15, 0.2) is 48.5 Å². The van der Waals surface area contributed by atoms with Crippen LogP contribution in [0.1, 0.15) is 88.7 Å². The molecule has 4 aliphatic heterocycles. The number of carbonyl (C=O) groups is 4. The fourth-order valence-corrected chi connectivity index (χ4v) is 9.87. The second-order valence-electron chi connectivity index (χ2n) is 15.6. The number of anilines is 2. The Kier molecular flexibility index (Phi) is 11.3. The first kappa shape index (κ1) is 38.9. The van der Waals surface area contributed by atoms with Gasteiger partial charge in [-0.15, -0.1) is 22.8 Å². The number of carbonyl (C=O) groups excluding carboxylic acids is 4. The third kappa shape index (κ3) is 7.87. The van der Waals surface area contributed by atoms with Crippen LogP contribution in [0.4, 0.5) is 11.5 Å². The molecule has 1 aliphatic carbocycles.